The second-order valence-electron chi connectivity index (χ2n) is 5.63. The SMILES string of the molecule is Cc1nnc(NC(=O)CCCC(=O)OCC(=O)NC[C@@H]2CCCO2)s1. The molecule has 2 heterocycles. The third kappa shape index (κ3) is 7.57. The summed E-state index contributed by atoms with van der Waals surface area (Å²) in [6, 6.07) is 0. The lowest BCUT2D eigenvalue weighted by atomic mass is 10.2. The Labute approximate surface area is 149 Å². The van der Waals surface area contributed by atoms with E-state index in [1.54, 1.807) is 6.92 Å². The van der Waals surface area contributed by atoms with Crippen molar-refractivity contribution in [3.05, 3.63) is 5.01 Å². The predicted molar refractivity (Wildman–Crippen MR) is 90.1 cm³/mol. The van der Waals surface area contributed by atoms with Gasteiger partial charge in [-0.25, -0.2) is 0 Å². The zero-order valence-corrected chi connectivity index (χ0v) is 14.9. The molecule has 138 valence electrons. The molecule has 0 aliphatic carbocycles. The van der Waals surface area contributed by atoms with Crippen LogP contribution < -0.4 is 10.6 Å². The van der Waals surface area contributed by atoms with Crippen LogP contribution in [0.5, 0.6) is 0 Å². The van der Waals surface area contributed by atoms with E-state index in [-0.39, 0.29) is 37.4 Å². The molecule has 1 saturated heterocycles. The summed E-state index contributed by atoms with van der Waals surface area (Å²) in [6.45, 7) is 2.63. The third-order valence-electron chi connectivity index (χ3n) is 3.47. The highest BCUT2D eigenvalue weighted by Crippen LogP contribution is 2.14. The molecule has 10 heteroatoms. The molecule has 2 amide bonds. The zero-order valence-electron chi connectivity index (χ0n) is 14.1. The van der Waals surface area contributed by atoms with Gasteiger partial charge in [-0.1, -0.05) is 11.3 Å². The lowest BCUT2D eigenvalue weighted by Gasteiger charge is -2.10. The average Bonchev–Trinajstić information content (AvgIpc) is 3.22. The van der Waals surface area contributed by atoms with Gasteiger partial charge in [0.1, 0.15) is 5.01 Å². The van der Waals surface area contributed by atoms with Gasteiger partial charge in [-0.05, 0) is 26.2 Å². The van der Waals surface area contributed by atoms with Crippen LogP contribution in [0.25, 0.3) is 0 Å². The summed E-state index contributed by atoms with van der Waals surface area (Å²) in [6.07, 6.45) is 2.55. The highest BCUT2D eigenvalue weighted by molar-refractivity contribution is 7.15. The number of amides is 2. The Balaban J connectivity index is 1.51. The molecule has 2 rings (SSSR count). The standard InChI is InChI=1S/C15H22N4O5S/c1-10-18-19-15(25-10)17-12(20)5-2-6-14(22)24-9-13(21)16-8-11-4-3-7-23-11/h11H,2-9H2,1H3,(H,16,21)(H,17,19,20)/t11-/m0/s1. The number of nitrogens with one attached hydrogen (secondary N) is 2. The van der Waals surface area contributed by atoms with Crippen LogP contribution in [0.2, 0.25) is 0 Å². The van der Waals surface area contributed by atoms with Crippen LogP contribution in [0, 0.1) is 6.92 Å². The smallest absolute Gasteiger partial charge is 0.306 e. The van der Waals surface area contributed by atoms with Gasteiger partial charge in [-0.15, -0.1) is 10.2 Å². The number of anilines is 1. The maximum absolute atomic E-state index is 11.7. The van der Waals surface area contributed by atoms with Gasteiger partial charge in [0.2, 0.25) is 11.0 Å². The highest BCUT2D eigenvalue weighted by atomic mass is 32.1. The molecule has 0 spiro atoms. The molecule has 1 atom stereocenters. The zero-order chi connectivity index (χ0) is 18.1. The fraction of sp³-hybridized carbons (Fsp3) is 0.667. The van der Waals surface area contributed by atoms with E-state index >= 15 is 0 Å². The van der Waals surface area contributed by atoms with Crippen LogP contribution in [-0.2, 0) is 23.9 Å². The molecule has 1 aliphatic rings. The number of hydrogen-bond acceptors (Lipinski definition) is 8. The van der Waals surface area contributed by atoms with Gasteiger partial charge in [0.05, 0.1) is 6.10 Å². The van der Waals surface area contributed by atoms with Gasteiger partial charge in [0, 0.05) is 26.0 Å². The summed E-state index contributed by atoms with van der Waals surface area (Å²) < 4.78 is 10.3. The van der Waals surface area contributed by atoms with Gasteiger partial charge in [0.25, 0.3) is 5.91 Å². The van der Waals surface area contributed by atoms with Crippen LogP contribution in [0.15, 0.2) is 0 Å². The van der Waals surface area contributed by atoms with E-state index in [1.807, 2.05) is 0 Å². The van der Waals surface area contributed by atoms with Crippen molar-refractivity contribution in [1.82, 2.24) is 15.5 Å². The van der Waals surface area contributed by atoms with Crippen molar-refractivity contribution in [3.63, 3.8) is 0 Å². The number of nitrogens with zero attached hydrogens (tertiary/aromatic N) is 2. The molecular weight excluding hydrogens is 348 g/mol. The largest absolute Gasteiger partial charge is 0.456 e. The van der Waals surface area contributed by atoms with Crippen LogP contribution in [0.1, 0.15) is 37.1 Å². The summed E-state index contributed by atoms with van der Waals surface area (Å²) >= 11 is 1.28. The van der Waals surface area contributed by atoms with Crippen LogP contribution >= 0.6 is 11.3 Å². The molecule has 1 aliphatic heterocycles. The van der Waals surface area contributed by atoms with E-state index in [0.717, 1.165) is 24.5 Å². The van der Waals surface area contributed by atoms with E-state index in [1.165, 1.54) is 11.3 Å². The summed E-state index contributed by atoms with van der Waals surface area (Å²) in [5.41, 5.74) is 0. The molecule has 2 N–H and O–H groups in total. The number of carbonyl (C=O) groups is 3. The molecule has 25 heavy (non-hydrogen) atoms. The number of hydrogen-bond donors (Lipinski definition) is 2. The maximum Gasteiger partial charge on any atom is 0.306 e. The van der Waals surface area contributed by atoms with E-state index in [2.05, 4.69) is 20.8 Å². The fourth-order valence-electron chi connectivity index (χ4n) is 2.22. The third-order valence-corrected chi connectivity index (χ3v) is 4.23. The number of rotatable bonds is 9. The minimum absolute atomic E-state index is 0.0509. The molecule has 0 aromatic carbocycles. The second kappa shape index (κ2) is 10.0. The number of esters is 1. The Kier molecular flexibility index (Phi) is 7.74. The van der Waals surface area contributed by atoms with Crippen molar-refractivity contribution in [2.45, 2.75) is 45.1 Å². The first-order chi connectivity index (χ1) is 12.0. The lowest BCUT2D eigenvalue weighted by molar-refractivity contribution is -0.148. The number of ether oxygens (including phenoxy) is 2. The Morgan fingerprint density at radius 3 is 2.80 bits per heavy atom. The second-order valence-corrected chi connectivity index (χ2v) is 6.81. The lowest BCUT2D eigenvalue weighted by Crippen LogP contribution is -2.34. The summed E-state index contributed by atoms with van der Waals surface area (Å²) in [4.78, 5) is 34.8. The number of aryl methyl sites for hydroxylation is 1. The predicted octanol–water partition coefficient (Wildman–Crippen LogP) is 0.794. The van der Waals surface area contributed by atoms with Gasteiger partial charge in [0.15, 0.2) is 6.61 Å². The van der Waals surface area contributed by atoms with Crippen LogP contribution in [0.3, 0.4) is 0 Å². The van der Waals surface area contributed by atoms with Crippen molar-refractivity contribution in [2.24, 2.45) is 0 Å². The molecular formula is C15H22N4O5S. The normalized spacial score (nSPS) is 16.4. The van der Waals surface area contributed by atoms with Crippen molar-refractivity contribution < 1.29 is 23.9 Å². The molecule has 0 bridgehead atoms. The molecule has 1 fully saturated rings. The summed E-state index contributed by atoms with van der Waals surface area (Å²) in [5.74, 6) is -1.10. The van der Waals surface area contributed by atoms with Gasteiger partial charge in [-0.2, -0.15) is 0 Å². The number of carbonyl (C=O) groups excluding carboxylic acids is 3. The van der Waals surface area contributed by atoms with E-state index in [0.29, 0.717) is 18.1 Å². The first-order valence-corrected chi connectivity index (χ1v) is 8.98. The first kappa shape index (κ1) is 19.3. The summed E-state index contributed by atoms with van der Waals surface area (Å²) in [7, 11) is 0. The van der Waals surface area contributed by atoms with E-state index in [4.69, 9.17) is 9.47 Å². The topological polar surface area (TPSA) is 120 Å². The van der Waals surface area contributed by atoms with E-state index < -0.39 is 5.97 Å². The van der Waals surface area contributed by atoms with Crippen molar-refractivity contribution >= 4 is 34.3 Å². The van der Waals surface area contributed by atoms with Crippen LogP contribution in [0.4, 0.5) is 5.13 Å². The van der Waals surface area contributed by atoms with Gasteiger partial charge < -0.3 is 20.1 Å². The molecule has 0 radical (unpaired) electrons. The van der Waals surface area contributed by atoms with Gasteiger partial charge in [-0.3, -0.25) is 14.4 Å². The summed E-state index contributed by atoms with van der Waals surface area (Å²) in [5, 5.41) is 14.1. The molecule has 9 nitrogen and oxygen atoms in total. The molecule has 1 aromatic heterocycles. The Morgan fingerprint density at radius 2 is 2.12 bits per heavy atom. The minimum Gasteiger partial charge on any atom is -0.456 e. The molecule has 1 aromatic rings. The maximum atomic E-state index is 11.7. The minimum atomic E-state index is -0.508. The molecule has 0 saturated carbocycles. The van der Waals surface area contributed by atoms with Crippen molar-refractivity contribution in [2.75, 3.05) is 25.1 Å². The Bertz CT molecular complexity index is 600. The van der Waals surface area contributed by atoms with E-state index in [9.17, 15) is 14.4 Å². The average molecular weight is 370 g/mol. The van der Waals surface area contributed by atoms with Crippen LogP contribution in [-0.4, -0.2) is 53.8 Å². The Morgan fingerprint density at radius 1 is 1.28 bits per heavy atom. The fourth-order valence-corrected chi connectivity index (χ4v) is 2.83. The molecule has 0 unspecified atom stereocenters. The highest BCUT2D eigenvalue weighted by Gasteiger charge is 2.16. The first-order valence-electron chi connectivity index (χ1n) is 8.17. The van der Waals surface area contributed by atoms with Gasteiger partial charge >= 0.3 is 5.97 Å². The quantitative estimate of drug-likeness (QED) is 0.617. The Hall–Kier alpha value is -2.07. The monoisotopic (exact) mass is 370 g/mol. The van der Waals surface area contributed by atoms with Crippen molar-refractivity contribution in [3.8, 4) is 0 Å². The van der Waals surface area contributed by atoms with Crippen molar-refractivity contribution in [1.29, 1.82) is 0 Å². The number of aromatic nitrogens is 2.